The second-order valence-corrected chi connectivity index (χ2v) is 3.81. The first-order chi connectivity index (χ1) is 8.79. The predicted octanol–water partition coefficient (Wildman–Crippen LogP) is 1.48. The van der Waals surface area contributed by atoms with Crippen molar-refractivity contribution in [2.45, 2.75) is 13.1 Å². The van der Waals surface area contributed by atoms with Gasteiger partial charge in [0.2, 0.25) is 0 Å². The summed E-state index contributed by atoms with van der Waals surface area (Å²) in [5, 5.41) is 20.7. The van der Waals surface area contributed by atoms with Gasteiger partial charge in [-0.1, -0.05) is 0 Å². The summed E-state index contributed by atoms with van der Waals surface area (Å²) in [5.74, 6) is 0.978. The zero-order valence-corrected chi connectivity index (χ0v) is 10.1. The Hall–Kier alpha value is -2.14. The molecule has 2 aromatic rings. The topological polar surface area (TPSA) is 67.3 Å². The molecule has 0 bridgehead atoms. The lowest BCUT2D eigenvalue weighted by atomic mass is 10.2. The Bertz CT molecular complexity index is 503. The number of aromatic nitrogens is 2. The number of hydrogen-bond acceptors (Lipinski definition) is 5. The minimum absolute atomic E-state index is 0.252. The number of methoxy groups -OCH3 is 1. The van der Waals surface area contributed by atoms with E-state index in [1.54, 1.807) is 31.5 Å². The fourth-order valence-corrected chi connectivity index (χ4v) is 1.58. The minimum atomic E-state index is 0.252. The monoisotopic (exact) mass is 245 g/mol. The summed E-state index contributed by atoms with van der Waals surface area (Å²) in [6.07, 6.45) is 1.64. The highest BCUT2D eigenvalue weighted by Gasteiger charge is 2.03. The molecule has 18 heavy (non-hydrogen) atoms. The first-order valence-electron chi connectivity index (χ1n) is 5.63. The van der Waals surface area contributed by atoms with Crippen LogP contribution < -0.4 is 10.1 Å². The van der Waals surface area contributed by atoms with E-state index in [9.17, 15) is 5.11 Å². The van der Waals surface area contributed by atoms with Gasteiger partial charge in [0.05, 0.1) is 12.8 Å². The molecule has 0 saturated carbocycles. The predicted molar refractivity (Wildman–Crippen MR) is 67.2 cm³/mol. The van der Waals surface area contributed by atoms with E-state index in [0.717, 1.165) is 17.0 Å². The average molecular weight is 245 g/mol. The number of phenols is 1. The SMILES string of the molecule is COc1ccc(O)c(CNCc2cccnn2)c1. The standard InChI is InChI=1S/C13H15N3O2/c1-18-12-4-5-13(17)10(7-12)8-14-9-11-3-2-6-15-16-11/h2-7,14,17H,8-9H2,1H3. The zero-order valence-electron chi connectivity index (χ0n) is 10.1. The highest BCUT2D eigenvalue weighted by molar-refractivity contribution is 5.39. The van der Waals surface area contributed by atoms with E-state index in [1.165, 1.54) is 0 Å². The van der Waals surface area contributed by atoms with Crippen molar-refractivity contribution >= 4 is 0 Å². The molecular weight excluding hydrogens is 230 g/mol. The van der Waals surface area contributed by atoms with Gasteiger partial charge in [-0.25, -0.2) is 0 Å². The van der Waals surface area contributed by atoms with Gasteiger partial charge >= 0.3 is 0 Å². The van der Waals surface area contributed by atoms with Gasteiger partial charge in [-0.05, 0) is 30.3 Å². The molecule has 1 aromatic heterocycles. The summed E-state index contributed by atoms with van der Waals surface area (Å²) in [7, 11) is 1.60. The van der Waals surface area contributed by atoms with E-state index in [-0.39, 0.29) is 5.75 Å². The molecule has 0 amide bonds. The van der Waals surface area contributed by atoms with E-state index >= 15 is 0 Å². The summed E-state index contributed by atoms with van der Waals surface area (Å²) in [6, 6.07) is 8.89. The molecule has 1 heterocycles. The smallest absolute Gasteiger partial charge is 0.120 e. The number of hydrogen-bond donors (Lipinski definition) is 2. The summed E-state index contributed by atoms with van der Waals surface area (Å²) >= 11 is 0. The molecule has 0 atom stereocenters. The number of ether oxygens (including phenoxy) is 1. The lowest BCUT2D eigenvalue weighted by molar-refractivity contribution is 0.410. The lowest BCUT2D eigenvalue weighted by Crippen LogP contribution is -2.14. The summed E-state index contributed by atoms with van der Waals surface area (Å²) in [5.41, 5.74) is 1.65. The van der Waals surface area contributed by atoms with Crippen molar-refractivity contribution in [2.75, 3.05) is 7.11 Å². The van der Waals surface area contributed by atoms with E-state index in [0.29, 0.717) is 13.1 Å². The first kappa shape index (κ1) is 12.3. The Balaban J connectivity index is 1.94. The molecule has 0 spiro atoms. The van der Waals surface area contributed by atoms with Crippen molar-refractivity contribution in [2.24, 2.45) is 0 Å². The van der Waals surface area contributed by atoms with E-state index in [4.69, 9.17) is 4.74 Å². The molecule has 1 aromatic carbocycles. The maximum atomic E-state index is 9.70. The molecule has 2 N–H and O–H groups in total. The van der Waals surface area contributed by atoms with Gasteiger partial charge in [0.1, 0.15) is 11.5 Å². The van der Waals surface area contributed by atoms with Gasteiger partial charge in [0.25, 0.3) is 0 Å². The van der Waals surface area contributed by atoms with Crippen molar-refractivity contribution in [3.8, 4) is 11.5 Å². The van der Waals surface area contributed by atoms with Crippen LogP contribution >= 0.6 is 0 Å². The summed E-state index contributed by atoms with van der Waals surface area (Å²) in [4.78, 5) is 0. The number of aromatic hydroxyl groups is 1. The number of nitrogens with one attached hydrogen (secondary N) is 1. The Labute approximate surface area is 105 Å². The quantitative estimate of drug-likeness (QED) is 0.835. The van der Waals surface area contributed by atoms with Crippen molar-refractivity contribution in [3.63, 3.8) is 0 Å². The number of phenolic OH excluding ortho intramolecular Hbond substituents is 1. The molecule has 2 rings (SSSR count). The van der Waals surface area contributed by atoms with Crippen LogP contribution in [-0.4, -0.2) is 22.4 Å². The highest BCUT2D eigenvalue weighted by atomic mass is 16.5. The van der Waals surface area contributed by atoms with Crippen molar-refractivity contribution < 1.29 is 9.84 Å². The maximum Gasteiger partial charge on any atom is 0.120 e. The second kappa shape index (κ2) is 5.97. The fourth-order valence-electron chi connectivity index (χ4n) is 1.58. The summed E-state index contributed by atoms with van der Waals surface area (Å²) < 4.78 is 5.11. The third-order valence-electron chi connectivity index (χ3n) is 2.54. The fraction of sp³-hybridized carbons (Fsp3) is 0.231. The van der Waals surface area contributed by atoms with Gasteiger partial charge in [0, 0.05) is 24.8 Å². The Kier molecular flexibility index (Phi) is 4.09. The molecule has 0 aliphatic carbocycles. The van der Waals surface area contributed by atoms with Gasteiger partial charge < -0.3 is 15.2 Å². The average Bonchev–Trinajstić information content (AvgIpc) is 2.42. The van der Waals surface area contributed by atoms with Crippen LogP contribution in [0.25, 0.3) is 0 Å². The molecular formula is C13H15N3O2. The van der Waals surface area contributed by atoms with Gasteiger partial charge in [0.15, 0.2) is 0 Å². The third-order valence-corrected chi connectivity index (χ3v) is 2.54. The molecule has 0 unspecified atom stereocenters. The Morgan fingerprint density at radius 2 is 2.17 bits per heavy atom. The Morgan fingerprint density at radius 3 is 2.89 bits per heavy atom. The normalized spacial score (nSPS) is 10.3. The van der Waals surface area contributed by atoms with Crippen LogP contribution in [0, 0.1) is 0 Å². The van der Waals surface area contributed by atoms with Gasteiger partial charge in [-0.2, -0.15) is 10.2 Å². The first-order valence-corrected chi connectivity index (χ1v) is 5.63. The molecule has 0 radical (unpaired) electrons. The molecule has 0 saturated heterocycles. The van der Waals surface area contributed by atoms with Crippen molar-refractivity contribution in [3.05, 3.63) is 47.8 Å². The lowest BCUT2D eigenvalue weighted by Gasteiger charge is -2.08. The van der Waals surface area contributed by atoms with Crippen LogP contribution in [0.3, 0.4) is 0 Å². The van der Waals surface area contributed by atoms with Gasteiger partial charge in [-0.3, -0.25) is 0 Å². The molecule has 0 aliphatic heterocycles. The van der Waals surface area contributed by atoms with E-state index in [2.05, 4.69) is 15.5 Å². The number of nitrogens with zero attached hydrogens (tertiary/aromatic N) is 2. The minimum Gasteiger partial charge on any atom is -0.508 e. The van der Waals surface area contributed by atoms with Crippen LogP contribution in [0.1, 0.15) is 11.3 Å². The molecule has 5 heteroatoms. The largest absolute Gasteiger partial charge is 0.508 e. The van der Waals surface area contributed by atoms with Crippen molar-refractivity contribution in [1.29, 1.82) is 0 Å². The van der Waals surface area contributed by atoms with E-state index in [1.807, 2.05) is 12.1 Å². The van der Waals surface area contributed by atoms with Crippen LogP contribution in [0.15, 0.2) is 36.5 Å². The van der Waals surface area contributed by atoms with E-state index < -0.39 is 0 Å². The second-order valence-electron chi connectivity index (χ2n) is 3.81. The Morgan fingerprint density at radius 1 is 1.28 bits per heavy atom. The van der Waals surface area contributed by atoms with Crippen molar-refractivity contribution in [1.82, 2.24) is 15.5 Å². The summed E-state index contributed by atoms with van der Waals surface area (Å²) in [6.45, 7) is 1.14. The molecule has 0 aliphatic rings. The van der Waals surface area contributed by atoms with Crippen LogP contribution in [0.5, 0.6) is 11.5 Å². The number of benzene rings is 1. The zero-order chi connectivity index (χ0) is 12.8. The van der Waals surface area contributed by atoms with Crippen LogP contribution in [0.2, 0.25) is 0 Å². The van der Waals surface area contributed by atoms with Gasteiger partial charge in [-0.15, -0.1) is 0 Å². The molecule has 5 nitrogen and oxygen atoms in total. The highest BCUT2D eigenvalue weighted by Crippen LogP contribution is 2.22. The third kappa shape index (κ3) is 3.18. The van der Waals surface area contributed by atoms with Crippen LogP contribution in [0.4, 0.5) is 0 Å². The maximum absolute atomic E-state index is 9.70. The number of rotatable bonds is 5. The molecule has 94 valence electrons. The van der Waals surface area contributed by atoms with Crippen LogP contribution in [-0.2, 0) is 13.1 Å². The molecule has 0 fully saturated rings.